The van der Waals surface area contributed by atoms with Gasteiger partial charge in [0.25, 0.3) is 11.5 Å². The van der Waals surface area contributed by atoms with E-state index in [-0.39, 0.29) is 22.9 Å². The SMILES string of the molecule is CCCCCCCN1C(=O)/C(=C\c2c(Oc3ccc(F)cc3)nc3c(C)cccn3c2=O)SC1=S. The van der Waals surface area contributed by atoms with E-state index in [1.54, 1.807) is 17.2 Å². The topological polar surface area (TPSA) is 63.9 Å². The molecule has 0 bridgehead atoms. The third-order valence-electron chi connectivity index (χ3n) is 5.71. The molecule has 1 aliphatic heterocycles. The van der Waals surface area contributed by atoms with Crippen LogP contribution in [-0.2, 0) is 4.79 Å². The Hall–Kier alpha value is -3.04. The van der Waals surface area contributed by atoms with E-state index in [9.17, 15) is 14.0 Å². The van der Waals surface area contributed by atoms with Gasteiger partial charge in [0.15, 0.2) is 0 Å². The number of thioether (sulfide) groups is 1. The summed E-state index contributed by atoms with van der Waals surface area (Å²) in [5.41, 5.74) is 0.974. The summed E-state index contributed by atoms with van der Waals surface area (Å²) in [6, 6.07) is 9.04. The standard InChI is InChI=1S/C26H26FN3O3S2/c1-3-4-5-6-7-14-30-25(32)21(35-26(30)34)16-20-23(33-19-12-10-18(27)11-13-19)28-22-17(2)9-8-15-29(22)24(20)31/h8-13,15-16H,3-7,14H2,1-2H3/b21-16+. The van der Waals surface area contributed by atoms with Crippen LogP contribution in [0.4, 0.5) is 4.39 Å². The number of hydrogen-bond acceptors (Lipinski definition) is 6. The number of unbranched alkanes of at least 4 members (excludes halogenated alkanes) is 4. The van der Waals surface area contributed by atoms with Gasteiger partial charge in [0.05, 0.1) is 4.91 Å². The summed E-state index contributed by atoms with van der Waals surface area (Å²) >= 11 is 6.62. The number of benzene rings is 1. The summed E-state index contributed by atoms with van der Waals surface area (Å²) in [4.78, 5) is 33.1. The van der Waals surface area contributed by atoms with Crippen molar-refractivity contribution in [2.45, 2.75) is 46.0 Å². The first-order chi connectivity index (χ1) is 16.9. The molecule has 3 heterocycles. The van der Waals surface area contributed by atoms with Crippen LogP contribution in [0, 0.1) is 12.7 Å². The Bertz CT molecular complexity index is 1350. The molecule has 4 rings (SSSR count). The molecule has 1 fully saturated rings. The molecule has 182 valence electrons. The van der Waals surface area contributed by atoms with Crippen molar-refractivity contribution < 1.29 is 13.9 Å². The molecule has 6 nitrogen and oxygen atoms in total. The number of aryl methyl sites for hydroxylation is 1. The monoisotopic (exact) mass is 511 g/mol. The molecule has 0 unspecified atom stereocenters. The summed E-state index contributed by atoms with van der Waals surface area (Å²) < 4.78 is 21.2. The Kier molecular flexibility index (Phi) is 7.97. The van der Waals surface area contributed by atoms with Crippen LogP contribution in [0.5, 0.6) is 11.6 Å². The average molecular weight is 512 g/mol. The molecule has 0 saturated carbocycles. The molecule has 0 spiro atoms. The number of thiocarbonyl (C=S) groups is 1. The van der Waals surface area contributed by atoms with Gasteiger partial charge in [-0.3, -0.25) is 18.9 Å². The molecule has 1 saturated heterocycles. The second kappa shape index (κ2) is 11.1. The van der Waals surface area contributed by atoms with E-state index in [0.717, 1.165) is 31.2 Å². The molecule has 1 amide bonds. The fourth-order valence-corrected chi connectivity index (χ4v) is 5.10. The second-order valence-electron chi connectivity index (χ2n) is 8.32. The largest absolute Gasteiger partial charge is 0.438 e. The van der Waals surface area contributed by atoms with Gasteiger partial charge in [0, 0.05) is 12.7 Å². The smallest absolute Gasteiger partial charge is 0.269 e. The first-order valence-electron chi connectivity index (χ1n) is 11.6. The maximum Gasteiger partial charge on any atom is 0.269 e. The molecule has 1 aliphatic rings. The number of amides is 1. The van der Waals surface area contributed by atoms with Gasteiger partial charge in [-0.2, -0.15) is 4.98 Å². The Morgan fingerprint density at radius 1 is 1.11 bits per heavy atom. The lowest BCUT2D eigenvalue weighted by atomic mass is 10.1. The fourth-order valence-electron chi connectivity index (χ4n) is 3.81. The van der Waals surface area contributed by atoms with Crippen LogP contribution in [-0.4, -0.2) is 31.1 Å². The van der Waals surface area contributed by atoms with E-state index < -0.39 is 5.82 Å². The normalized spacial score (nSPS) is 14.9. The number of nitrogens with zero attached hydrogens (tertiary/aromatic N) is 3. The molecule has 0 radical (unpaired) electrons. The molecule has 9 heteroatoms. The highest BCUT2D eigenvalue weighted by molar-refractivity contribution is 8.26. The van der Waals surface area contributed by atoms with Gasteiger partial charge in [-0.05, 0) is 55.3 Å². The van der Waals surface area contributed by atoms with Crippen LogP contribution in [0.2, 0.25) is 0 Å². The van der Waals surface area contributed by atoms with Crippen LogP contribution in [0.25, 0.3) is 11.7 Å². The van der Waals surface area contributed by atoms with E-state index in [1.165, 1.54) is 52.9 Å². The number of hydrogen-bond donors (Lipinski definition) is 0. The van der Waals surface area contributed by atoms with Crippen molar-refractivity contribution in [3.63, 3.8) is 0 Å². The van der Waals surface area contributed by atoms with E-state index in [2.05, 4.69) is 11.9 Å². The first kappa shape index (κ1) is 25.1. The average Bonchev–Trinajstić information content (AvgIpc) is 3.10. The van der Waals surface area contributed by atoms with Crippen LogP contribution < -0.4 is 10.3 Å². The van der Waals surface area contributed by atoms with Gasteiger partial charge in [-0.25, -0.2) is 4.39 Å². The van der Waals surface area contributed by atoms with Crippen LogP contribution in [0.3, 0.4) is 0 Å². The highest BCUT2D eigenvalue weighted by Gasteiger charge is 2.32. The van der Waals surface area contributed by atoms with Crippen molar-refractivity contribution in [1.29, 1.82) is 0 Å². The fraction of sp³-hybridized carbons (Fsp3) is 0.308. The Labute approximate surface area is 212 Å². The number of aromatic nitrogens is 2. The number of pyridine rings is 1. The van der Waals surface area contributed by atoms with E-state index in [4.69, 9.17) is 17.0 Å². The number of carbonyl (C=O) groups is 1. The van der Waals surface area contributed by atoms with Gasteiger partial charge >= 0.3 is 0 Å². The maximum absolute atomic E-state index is 13.4. The number of ether oxygens (including phenoxy) is 1. The van der Waals surface area contributed by atoms with Crippen LogP contribution in [0.1, 0.15) is 50.2 Å². The van der Waals surface area contributed by atoms with E-state index in [0.29, 0.717) is 27.2 Å². The zero-order valence-electron chi connectivity index (χ0n) is 19.6. The Morgan fingerprint density at radius 3 is 2.60 bits per heavy atom. The highest BCUT2D eigenvalue weighted by atomic mass is 32.2. The van der Waals surface area contributed by atoms with Gasteiger partial charge in [0.1, 0.15) is 27.1 Å². The third-order valence-corrected chi connectivity index (χ3v) is 7.09. The van der Waals surface area contributed by atoms with Crippen molar-refractivity contribution >= 4 is 45.9 Å². The third kappa shape index (κ3) is 5.62. The molecule has 1 aromatic carbocycles. The molecule has 0 aliphatic carbocycles. The summed E-state index contributed by atoms with van der Waals surface area (Å²) in [5.74, 6) is -0.262. The van der Waals surface area contributed by atoms with Crippen molar-refractivity contribution in [3.8, 4) is 11.6 Å². The molecular formula is C26H26FN3O3S2. The summed E-state index contributed by atoms with van der Waals surface area (Å²) in [5, 5.41) is 0. The Balaban J connectivity index is 1.70. The molecule has 35 heavy (non-hydrogen) atoms. The lowest BCUT2D eigenvalue weighted by molar-refractivity contribution is -0.122. The van der Waals surface area contributed by atoms with Crippen LogP contribution >= 0.6 is 24.0 Å². The first-order valence-corrected chi connectivity index (χ1v) is 12.8. The minimum atomic E-state index is -0.404. The number of carbonyl (C=O) groups excluding carboxylic acids is 1. The summed E-state index contributed by atoms with van der Waals surface area (Å²) in [7, 11) is 0. The van der Waals surface area contributed by atoms with Gasteiger partial charge in [-0.15, -0.1) is 0 Å². The predicted molar refractivity (Wildman–Crippen MR) is 141 cm³/mol. The number of fused-ring (bicyclic) bond motifs is 1. The van der Waals surface area contributed by atoms with Crippen molar-refractivity contribution in [3.05, 3.63) is 74.8 Å². The molecular weight excluding hydrogens is 485 g/mol. The maximum atomic E-state index is 13.4. The number of rotatable bonds is 9. The summed E-state index contributed by atoms with van der Waals surface area (Å²) in [6.45, 7) is 4.56. The molecule has 0 atom stereocenters. The zero-order valence-corrected chi connectivity index (χ0v) is 21.3. The summed E-state index contributed by atoms with van der Waals surface area (Å²) in [6.07, 6.45) is 8.49. The molecule has 3 aromatic rings. The van der Waals surface area contributed by atoms with Crippen molar-refractivity contribution in [2.24, 2.45) is 0 Å². The minimum absolute atomic E-state index is 0.0424. The van der Waals surface area contributed by atoms with Crippen molar-refractivity contribution in [1.82, 2.24) is 14.3 Å². The zero-order chi connectivity index (χ0) is 24.9. The van der Waals surface area contributed by atoms with E-state index in [1.807, 2.05) is 13.0 Å². The minimum Gasteiger partial charge on any atom is -0.438 e. The van der Waals surface area contributed by atoms with Crippen molar-refractivity contribution in [2.75, 3.05) is 6.54 Å². The lowest BCUT2D eigenvalue weighted by Crippen LogP contribution is -2.29. The lowest BCUT2D eigenvalue weighted by Gasteiger charge is -2.14. The quantitative estimate of drug-likeness (QED) is 0.196. The highest BCUT2D eigenvalue weighted by Crippen LogP contribution is 2.34. The second-order valence-corrected chi connectivity index (χ2v) is 10.00. The van der Waals surface area contributed by atoms with Gasteiger partial charge < -0.3 is 4.74 Å². The van der Waals surface area contributed by atoms with Gasteiger partial charge in [-0.1, -0.05) is 62.7 Å². The Morgan fingerprint density at radius 2 is 1.86 bits per heavy atom. The van der Waals surface area contributed by atoms with Gasteiger partial charge in [0.2, 0.25) is 5.88 Å². The van der Waals surface area contributed by atoms with Crippen LogP contribution in [0.15, 0.2) is 52.3 Å². The molecule has 2 aromatic heterocycles. The predicted octanol–water partition coefficient (Wildman–Crippen LogP) is 6.11. The molecule has 0 N–H and O–H groups in total. The number of halogens is 1. The van der Waals surface area contributed by atoms with E-state index >= 15 is 0 Å².